The Labute approximate surface area is 172 Å². The van der Waals surface area contributed by atoms with Crippen molar-refractivity contribution in [2.45, 2.75) is 54.2 Å². The van der Waals surface area contributed by atoms with E-state index in [9.17, 15) is 9.50 Å². The number of hydrogen-bond donors (Lipinski definition) is 2. The van der Waals surface area contributed by atoms with Crippen molar-refractivity contribution in [2.75, 3.05) is 0 Å². The molecule has 6 nitrogen and oxygen atoms in total. The largest absolute Gasteiger partial charge is 0.507 e. The van der Waals surface area contributed by atoms with Crippen LogP contribution in [0, 0.1) is 0 Å². The van der Waals surface area contributed by atoms with Crippen LogP contribution in [0.2, 0.25) is 0 Å². The number of nitrogens with one attached hydrogen (secondary N) is 1. The number of thioether (sulfide) groups is 1. The highest BCUT2D eigenvalue weighted by Crippen LogP contribution is 2.43. The molecule has 4 heterocycles. The molecule has 0 spiro atoms. The van der Waals surface area contributed by atoms with E-state index in [1.165, 1.54) is 11.8 Å². The summed E-state index contributed by atoms with van der Waals surface area (Å²) < 4.78 is 16.6. The molecule has 2 fully saturated rings. The lowest BCUT2D eigenvalue weighted by molar-refractivity contribution is 0.182. The second-order valence-corrected chi connectivity index (χ2v) is 9.33. The van der Waals surface area contributed by atoms with Gasteiger partial charge in [-0.05, 0) is 38.3 Å². The maximum Gasteiger partial charge on any atom is 0.128 e. The van der Waals surface area contributed by atoms with Gasteiger partial charge in [0, 0.05) is 40.9 Å². The molecule has 2 bridgehead atoms. The first kappa shape index (κ1) is 18.6. The fourth-order valence-corrected chi connectivity index (χ4v) is 5.68. The average Bonchev–Trinajstić information content (AvgIpc) is 3.36. The van der Waals surface area contributed by atoms with E-state index in [-0.39, 0.29) is 22.6 Å². The summed E-state index contributed by atoms with van der Waals surface area (Å²) in [5.41, 5.74) is 2.03. The number of phenols is 1. The number of imidazole rings is 1. The van der Waals surface area contributed by atoms with Gasteiger partial charge in [0.1, 0.15) is 16.9 Å². The molecule has 2 aromatic heterocycles. The topological polar surface area (TPSA) is 75.9 Å². The molecule has 4 atom stereocenters. The number of nitrogens with zero attached hydrogens (tertiary/aromatic N) is 4. The van der Waals surface area contributed by atoms with Gasteiger partial charge in [0.05, 0.1) is 30.1 Å². The first-order valence-electron chi connectivity index (χ1n) is 9.73. The Bertz CT molecular complexity index is 1010. The SMILES string of the molecule is C[C@@]12CC[C@@H](N1)[C@H](F)[C@@H](Sc1cnc(-c3ccc(-n4ccnc4)cc3O)cn1)C2. The number of aromatic hydroxyl groups is 1. The maximum atomic E-state index is 14.8. The molecular weight excluding hydrogens is 389 g/mol. The number of rotatable bonds is 4. The van der Waals surface area contributed by atoms with Crippen LogP contribution in [0.1, 0.15) is 26.2 Å². The molecule has 150 valence electrons. The normalized spacial score (nSPS) is 28.6. The molecule has 0 amide bonds. The van der Waals surface area contributed by atoms with Crippen molar-refractivity contribution in [1.29, 1.82) is 0 Å². The first-order chi connectivity index (χ1) is 14.0. The standard InChI is InChI=1S/C21H22FN5OS/c1-21-5-4-15(26-21)20(22)18(9-21)29-19-11-24-16(10-25-19)14-3-2-13(8-17(14)28)27-7-6-23-12-27/h2-3,6-8,10-12,15,18,20,26,28H,4-5,9H2,1H3/t15-,18+,20+,21+/m1/s1. The fourth-order valence-electron chi connectivity index (χ4n) is 4.37. The smallest absolute Gasteiger partial charge is 0.128 e. The van der Waals surface area contributed by atoms with E-state index < -0.39 is 6.17 Å². The van der Waals surface area contributed by atoms with Crippen LogP contribution in [-0.4, -0.2) is 47.6 Å². The van der Waals surface area contributed by atoms with E-state index in [1.807, 2.05) is 22.9 Å². The Morgan fingerprint density at radius 3 is 2.93 bits per heavy atom. The van der Waals surface area contributed by atoms with E-state index in [1.54, 1.807) is 31.0 Å². The number of hydrogen-bond acceptors (Lipinski definition) is 6. The number of fused-ring (bicyclic) bond motifs is 2. The number of aromatic nitrogens is 4. The van der Waals surface area contributed by atoms with Crippen molar-refractivity contribution < 1.29 is 9.50 Å². The minimum Gasteiger partial charge on any atom is -0.507 e. The van der Waals surface area contributed by atoms with E-state index in [0.29, 0.717) is 16.3 Å². The zero-order valence-corrected chi connectivity index (χ0v) is 16.8. The lowest BCUT2D eigenvalue weighted by Gasteiger charge is -2.38. The number of alkyl halides is 1. The zero-order chi connectivity index (χ0) is 20.0. The highest BCUT2D eigenvalue weighted by atomic mass is 32.2. The summed E-state index contributed by atoms with van der Waals surface area (Å²) in [7, 11) is 0. The highest BCUT2D eigenvalue weighted by Gasteiger charge is 2.48. The van der Waals surface area contributed by atoms with Crippen molar-refractivity contribution in [3.63, 3.8) is 0 Å². The first-order valence-corrected chi connectivity index (χ1v) is 10.6. The molecule has 2 N–H and O–H groups in total. The van der Waals surface area contributed by atoms with E-state index in [0.717, 1.165) is 24.9 Å². The van der Waals surface area contributed by atoms with Gasteiger partial charge < -0.3 is 15.0 Å². The molecule has 3 aromatic rings. The molecule has 0 radical (unpaired) electrons. The van der Waals surface area contributed by atoms with Gasteiger partial charge in [-0.2, -0.15) is 0 Å². The lowest BCUT2D eigenvalue weighted by atomic mass is 9.92. The third kappa shape index (κ3) is 3.51. The van der Waals surface area contributed by atoms with Gasteiger partial charge in [-0.1, -0.05) is 11.8 Å². The van der Waals surface area contributed by atoms with Crippen molar-refractivity contribution in [1.82, 2.24) is 24.8 Å². The van der Waals surface area contributed by atoms with Crippen molar-refractivity contribution >= 4 is 11.8 Å². The van der Waals surface area contributed by atoms with Gasteiger partial charge in [-0.15, -0.1) is 0 Å². The van der Waals surface area contributed by atoms with Crippen LogP contribution in [0.15, 0.2) is 54.3 Å². The summed E-state index contributed by atoms with van der Waals surface area (Å²) in [6.45, 7) is 2.18. The van der Waals surface area contributed by atoms with Gasteiger partial charge in [0.25, 0.3) is 0 Å². The molecule has 2 saturated heterocycles. The van der Waals surface area contributed by atoms with Gasteiger partial charge >= 0.3 is 0 Å². The number of halogens is 1. The van der Waals surface area contributed by atoms with Crippen LogP contribution >= 0.6 is 11.8 Å². The molecule has 8 heteroatoms. The van der Waals surface area contributed by atoms with Crippen LogP contribution in [0.25, 0.3) is 16.9 Å². The van der Waals surface area contributed by atoms with E-state index >= 15 is 0 Å². The molecule has 0 aliphatic carbocycles. The molecule has 1 aromatic carbocycles. The molecule has 2 aliphatic heterocycles. The Morgan fingerprint density at radius 2 is 2.21 bits per heavy atom. The van der Waals surface area contributed by atoms with Gasteiger partial charge in [0.2, 0.25) is 0 Å². The quantitative estimate of drug-likeness (QED) is 0.681. The molecular formula is C21H22FN5OS. The average molecular weight is 412 g/mol. The second-order valence-electron chi connectivity index (χ2n) is 8.07. The fraction of sp³-hybridized carbons (Fsp3) is 0.381. The third-order valence-corrected chi connectivity index (χ3v) is 7.07. The van der Waals surface area contributed by atoms with Crippen LogP contribution < -0.4 is 5.32 Å². The van der Waals surface area contributed by atoms with Crippen LogP contribution in [0.4, 0.5) is 4.39 Å². The number of phenolic OH excluding ortho intramolecular Hbond substituents is 1. The minimum atomic E-state index is -0.878. The molecule has 0 unspecified atom stereocenters. The predicted molar refractivity (Wildman–Crippen MR) is 110 cm³/mol. The molecule has 29 heavy (non-hydrogen) atoms. The summed E-state index contributed by atoms with van der Waals surface area (Å²) in [5.74, 6) is 0.123. The van der Waals surface area contributed by atoms with Crippen molar-refractivity contribution in [2.24, 2.45) is 0 Å². The summed E-state index contributed by atoms with van der Waals surface area (Å²) in [6, 6.07) is 5.31. The highest BCUT2D eigenvalue weighted by molar-refractivity contribution is 7.99. The van der Waals surface area contributed by atoms with Crippen molar-refractivity contribution in [3.8, 4) is 22.7 Å². The Hall–Kier alpha value is -2.45. The molecule has 2 aliphatic rings. The van der Waals surface area contributed by atoms with Crippen LogP contribution in [0.3, 0.4) is 0 Å². The van der Waals surface area contributed by atoms with E-state index in [4.69, 9.17) is 0 Å². The zero-order valence-electron chi connectivity index (χ0n) is 16.0. The van der Waals surface area contributed by atoms with Crippen LogP contribution in [0.5, 0.6) is 5.75 Å². The lowest BCUT2D eigenvalue weighted by Crippen LogP contribution is -2.54. The van der Waals surface area contributed by atoms with Gasteiger partial charge in [0.15, 0.2) is 0 Å². The van der Waals surface area contributed by atoms with Crippen LogP contribution in [-0.2, 0) is 0 Å². The molecule has 0 saturated carbocycles. The number of benzene rings is 1. The minimum absolute atomic E-state index is 0.0288. The predicted octanol–water partition coefficient (Wildman–Crippen LogP) is 3.75. The van der Waals surface area contributed by atoms with Gasteiger partial charge in [-0.3, -0.25) is 4.98 Å². The summed E-state index contributed by atoms with van der Waals surface area (Å²) in [4.78, 5) is 13.0. The van der Waals surface area contributed by atoms with Crippen molar-refractivity contribution in [3.05, 3.63) is 49.3 Å². The monoisotopic (exact) mass is 411 g/mol. The van der Waals surface area contributed by atoms with Gasteiger partial charge in [-0.25, -0.2) is 14.4 Å². The Morgan fingerprint density at radius 1 is 1.31 bits per heavy atom. The molecule has 5 rings (SSSR count). The Balaban J connectivity index is 1.33. The van der Waals surface area contributed by atoms with E-state index in [2.05, 4.69) is 27.2 Å². The summed E-state index contributed by atoms with van der Waals surface area (Å²) in [5, 5.41) is 14.5. The Kier molecular flexibility index (Phi) is 4.55. The maximum absolute atomic E-state index is 14.8. The summed E-state index contributed by atoms with van der Waals surface area (Å²) in [6.07, 6.45) is 10.3. The summed E-state index contributed by atoms with van der Waals surface area (Å²) >= 11 is 1.47. The number of piperidine rings is 1. The third-order valence-electron chi connectivity index (χ3n) is 5.89. The second kappa shape index (κ2) is 7.11.